The fourth-order valence-electron chi connectivity index (χ4n) is 4.41. The number of nitrogens with one attached hydrogen (secondary N) is 2. The molecule has 0 bridgehead atoms. The lowest BCUT2D eigenvalue weighted by Gasteiger charge is -2.37. The number of hydrogen-bond acceptors (Lipinski definition) is 5. The number of hydrogen-bond donors (Lipinski definition) is 2. The van der Waals surface area contributed by atoms with E-state index in [2.05, 4.69) is 35.8 Å². The molecule has 0 spiro atoms. The smallest absolute Gasteiger partial charge is 0.252 e. The molecule has 2 aromatic carbocycles. The van der Waals surface area contributed by atoms with Crippen LogP contribution in [0.5, 0.6) is 11.5 Å². The van der Waals surface area contributed by atoms with Gasteiger partial charge in [0.15, 0.2) is 0 Å². The average Bonchev–Trinajstić information content (AvgIpc) is 3.13. The number of benzene rings is 2. The number of carbonyl (C=O) groups excluding carboxylic acids is 1. The topological polar surface area (TPSA) is 68.8 Å². The maximum absolute atomic E-state index is 11.9. The van der Waals surface area contributed by atoms with Crippen LogP contribution in [-0.4, -0.2) is 45.4 Å². The number of piperidine rings is 1. The summed E-state index contributed by atoms with van der Waals surface area (Å²) in [7, 11) is 1.67. The molecule has 1 unspecified atom stereocenters. The summed E-state index contributed by atoms with van der Waals surface area (Å²) < 4.78 is 17.1. The van der Waals surface area contributed by atoms with E-state index in [1.807, 2.05) is 24.3 Å². The zero-order chi connectivity index (χ0) is 20.9. The predicted molar refractivity (Wildman–Crippen MR) is 115 cm³/mol. The summed E-state index contributed by atoms with van der Waals surface area (Å²) in [5.41, 5.74) is 3.03. The fraction of sp³-hybridized carbons (Fsp3) is 0.458. The van der Waals surface area contributed by atoms with E-state index in [1.165, 1.54) is 5.56 Å². The molecule has 0 aliphatic carbocycles. The second-order valence-corrected chi connectivity index (χ2v) is 8.03. The van der Waals surface area contributed by atoms with Crippen molar-refractivity contribution < 1.29 is 19.0 Å². The van der Waals surface area contributed by atoms with Gasteiger partial charge < -0.3 is 24.8 Å². The Morgan fingerprint density at radius 3 is 2.80 bits per heavy atom. The molecule has 1 saturated heterocycles. The first-order valence-corrected chi connectivity index (χ1v) is 10.6. The zero-order valence-corrected chi connectivity index (χ0v) is 17.6. The second-order valence-electron chi connectivity index (χ2n) is 8.03. The fourth-order valence-corrected chi connectivity index (χ4v) is 4.41. The highest BCUT2D eigenvalue weighted by atomic mass is 16.5. The second kappa shape index (κ2) is 9.49. The molecule has 160 valence electrons. The van der Waals surface area contributed by atoms with Crippen molar-refractivity contribution in [3.8, 4) is 11.5 Å². The Morgan fingerprint density at radius 1 is 1.07 bits per heavy atom. The molecule has 30 heavy (non-hydrogen) atoms. The van der Waals surface area contributed by atoms with Crippen LogP contribution in [0.1, 0.15) is 40.7 Å². The molecule has 2 aliphatic heterocycles. The van der Waals surface area contributed by atoms with E-state index in [1.54, 1.807) is 7.11 Å². The van der Waals surface area contributed by atoms with Gasteiger partial charge in [-0.1, -0.05) is 18.2 Å². The van der Waals surface area contributed by atoms with E-state index in [0.29, 0.717) is 44.2 Å². The Labute approximate surface area is 177 Å². The lowest BCUT2D eigenvalue weighted by molar-refractivity contribution is 0.0965. The summed E-state index contributed by atoms with van der Waals surface area (Å²) >= 11 is 0. The van der Waals surface area contributed by atoms with Gasteiger partial charge in [0.1, 0.15) is 18.1 Å². The number of amides is 1. The van der Waals surface area contributed by atoms with Gasteiger partial charge in [0.2, 0.25) is 0 Å². The molecule has 0 radical (unpaired) electrons. The Kier molecular flexibility index (Phi) is 6.55. The number of fused-ring (bicyclic) bond motifs is 1. The van der Waals surface area contributed by atoms with Gasteiger partial charge in [-0.15, -0.1) is 0 Å². The quantitative estimate of drug-likeness (QED) is 0.655. The Hall–Kier alpha value is -2.57. The molecule has 6 heteroatoms. The molecule has 3 atom stereocenters. The van der Waals surface area contributed by atoms with Crippen LogP contribution >= 0.6 is 0 Å². The summed E-state index contributed by atoms with van der Waals surface area (Å²) in [4.78, 5) is 11.9. The molecule has 4 rings (SSSR count). The predicted octanol–water partition coefficient (Wildman–Crippen LogP) is 3.12. The van der Waals surface area contributed by atoms with Crippen LogP contribution < -0.4 is 20.1 Å². The molecule has 2 aliphatic rings. The number of methoxy groups -OCH3 is 1. The number of ether oxygens (including phenoxy) is 3. The minimum absolute atomic E-state index is 0.0219. The van der Waals surface area contributed by atoms with Crippen LogP contribution in [0.2, 0.25) is 0 Å². The van der Waals surface area contributed by atoms with Crippen molar-refractivity contribution in [1.82, 2.24) is 10.6 Å². The van der Waals surface area contributed by atoms with E-state index < -0.39 is 0 Å². The summed E-state index contributed by atoms with van der Waals surface area (Å²) in [6.45, 7) is 5.51. The largest absolute Gasteiger partial charge is 0.493 e. The first-order valence-electron chi connectivity index (χ1n) is 10.6. The lowest BCUT2D eigenvalue weighted by Crippen LogP contribution is -2.45. The Bertz CT molecular complexity index is 885. The SMILES string of the molecule is COCCOc1cccc([C@H]2CCN[C@H](C)C2COc2ccc3c(c2)C(=O)NC3)c1. The standard InChI is InChI=1S/C24H30N2O4/c1-16-23(15-30-20-7-6-18-14-26-24(27)22(18)13-20)21(8-9-25-16)17-4-3-5-19(12-17)29-11-10-28-2/h3-7,12-13,16,21,23,25H,8-11,14-15H2,1-2H3,(H,26,27)/t16-,21-,23?/m1/s1. The van der Waals surface area contributed by atoms with E-state index in [-0.39, 0.29) is 5.91 Å². The highest BCUT2D eigenvalue weighted by Crippen LogP contribution is 2.35. The summed E-state index contributed by atoms with van der Waals surface area (Å²) in [6.07, 6.45) is 1.05. The van der Waals surface area contributed by atoms with E-state index in [0.717, 1.165) is 35.6 Å². The van der Waals surface area contributed by atoms with Crippen LogP contribution in [-0.2, 0) is 11.3 Å². The lowest BCUT2D eigenvalue weighted by atomic mass is 9.77. The minimum Gasteiger partial charge on any atom is -0.493 e. The van der Waals surface area contributed by atoms with Crippen molar-refractivity contribution in [2.24, 2.45) is 5.92 Å². The minimum atomic E-state index is -0.0219. The van der Waals surface area contributed by atoms with Crippen LogP contribution in [0.4, 0.5) is 0 Å². The highest BCUT2D eigenvalue weighted by Gasteiger charge is 2.32. The van der Waals surface area contributed by atoms with Crippen molar-refractivity contribution in [2.45, 2.75) is 31.8 Å². The normalized spacial score (nSPS) is 23.0. The zero-order valence-electron chi connectivity index (χ0n) is 17.6. The number of carbonyl (C=O) groups is 1. The maximum atomic E-state index is 11.9. The third kappa shape index (κ3) is 4.60. The monoisotopic (exact) mass is 410 g/mol. The van der Waals surface area contributed by atoms with Crippen LogP contribution in [0, 0.1) is 5.92 Å². The van der Waals surface area contributed by atoms with Crippen LogP contribution in [0.3, 0.4) is 0 Å². The van der Waals surface area contributed by atoms with Crippen molar-refractivity contribution in [1.29, 1.82) is 0 Å². The third-order valence-corrected chi connectivity index (χ3v) is 6.13. The molecule has 2 N–H and O–H groups in total. The van der Waals surface area contributed by atoms with Gasteiger partial charge >= 0.3 is 0 Å². The van der Waals surface area contributed by atoms with Crippen LogP contribution in [0.25, 0.3) is 0 Å². The van der Waals surface area contributed by atoms with E-state index >= 15 is 0 Å². The van der Waals surface area contributed by atoms with Crippen molar-refractivity contribution in [3.05, 3.63) is 59.2 Å². The molecular weight excluding hydrogens is 380 g/mol. The third-order valence-electron chi connectivity index (χ3n) is 6.13. The van der Waals surface area contributed by atoms with Crippen molar-refractivity contribution >= 4 is 5.91 Å². The Balaban J connectivity index is 1.46. The van der Waals surface area contributed by atoms with Crippen LogP contribution in [0.15, 0.2) is 42.5 Å². The first-order chi connectivity index (χ1) is 14.7. The molecule has 2 aromatic rings. The summed E-state index contributed by atoms with van der Waals surface area (Å²) in [5.74, 6) is 2.30. The van der Waals surface area contributed by atoms with Gasteiger partial charge in [-0.2, -0.15) is 0 Å². The molecule has 0 aromatic heterocycles. The van der Waals surface area contributed by atoms with Crippen molar-refractivity contribution in [3.63, 3.8) is 0 Å². The maximum Gasteiger partial charge on any atom is 0.252 e. The van der Waals surface area contributed by atoms with Gasteiger partial charge in [-0.25, -0.2) is 0 Å². The summed E-state index contributed by atoms with van der Waals surface area (Å²) in [5, 5.41) is 6.43. The van der Waals surface area contributed by atoms with Gasteiger partial charge in [0.25, 0.3) is 5.91 Å². The van der Waals surface area contributed by atoms with Gasteiger partial charge in [0.05, 0.1) is 13.2 Å². The van der Waals surface area contributed by atoms with Gasteiger partial charge in [-0.05, 0) is 61.2 Å². The first kappa shape index (κ1) is 20.7. The molecular formula is C24H30N2O4. The molecule has 1 amide bonds. The van der Waals surface area contributed by atoms with Crippen molar-refractivity contribution in [2.75, 3.05) is 33.5 Å². The average molecular weight is 411 g/mol. The Morgan fingerprint density at radius 2 is 1.93 bits per heavy atom. The van der Waals surface area contributed by atoms with E-state index in [9.17, 15) is 4.79 Å². The number of rotatable bonds is 8. The van der Waals surface area contributed by atoms with E-state index in [4.69, 9.17) is 14.2 Å². The molecule has 6 nitrogen and oxygen atoms in total. The molecule has 0 saturated carbocycles. The molecule has 1 fully saturated rings. The molecule has 2 heterocycles. The van der Waals surface area contributed by atoms with Gasteiger partial charge in [0, 0.05) is 31.2 Å². The summed E-state index contributed by atoms with van der Waals surface area (Å²) in [6, 6.07) is 14.5. The highest BCUT2D eigenvalue weighted by molar-refractivity contribution is 5.98. The van der Waals surface area contributed by atoms with Gasteiger partial charge in [-0.3, -0.25) is 4.79 Å².